The van der Waals surface area contributed by atoms with Crippen LogP contribution in [-0.4, -0.2) is 14.0 Å². The quantitative estimate of drug-likeness (QED) is 0.620. The van der Waals surface area contributed by atoms with Crippen molar-refractivity contribution in [2.45, 2.75) is 39.7 Å². The maximum absolute atomic E-state index is 12.3. The van der Waals surface area contributed by atoms with Crippen molar-refractivity contribution in [3.05, 3.63) is 57.0 Å². The molecular formula is C18H20BrN3O. The fourth-order valence-electron chi connectivity index (χ4n) is 2.76. The van der Waals surface area contributed by atoms with Gasteiger partial charge >= 0.3 is 0 Å². The number of hydrogen-bond acceptors (Lipinski definition) is 2. The molecule has 2 heterocycles. The largest absolute Gasteiger partial charge is 0.315 e. The van der Waals surface area contributed by atoms with Gasteiger partial charge in [0.25, 0.3) is 5.56 Å². The van der Waals surface area contributed by atoms with Crippen molar-refractivity contribution in [1.82, 2.24) is 14.0 Å². The predicted molar refractivity (Wildman–Crippen MR) is 96.9 cm³/mol. The zero-order valence-corrected chi connectivity index (χ0v) is 15.0. The molecule has 0 fully saturated rings. The van der Waals surface area contributed by atoms with E-state index in [1.807, 2.05) is 37.4 Å². The number of aryl methyl sites for hydroxylation is 2. The van der Waals surface area contributed by atoms with E-state index < -0.39 is 0 Å². The Bertz CT molecular complexity index is 878. The number of hydrogen-bond donors (Lipinski definition) is 0. The Morgan fingerprint density at radius 2 is 1.91 bits per heavy atom. The van der Waals surface area contributed by atoms with Crippen molar-refractivity contribution in [3.8, 4) is 11.3 Å². The van der Waals surface area contributed by atoms with E-state index >= 15 is 0 Å². The highest BCUT2D eigenvalue weighted by Crippen LogP contribution is 2.21. The lowest BCUT2D eigenvalue weighted by molar-refractivity contribution is 0.590. The molecule has 120 valence electrons. The number of fused-ring (bicyclic) bond motifs is 1. The molecule has 0 aliphatic rings. The fourth-order valence-corrected chi connectivity index (χ4v) is 3.03. The lowest BCUT2D eigenvalue weighted by Gasteiger charge is -2.11. The molecule has 0 atom stereocenters. The van der Waals surface area contributed by atoms with Crippen LogP contribution in [0.15, 0.2) is 45.8 Å². The van der Waals surface area contributed by atoms with Gasteiger partial charge in [0, 0.05) is 34.5 Å². The zero-order valence-electron chi connectivity index (χ0n) is 13.4. The Balaban J connectivity index is 2.10. The third kappa shape index (κ3) is 3.24. The van der Waals surface area contributed by atoms with Crippen LogP contribution in [0.2, 0.25) is 0 Å². The van der Waals surface area contributed by atoms with Crippen molar-refractivity contribution >= 4 is 21.7 Å². The second kappa shape index (κ2) is 6.71. The molecule has 0 saturated carbocycles. The van der Waals surface area contributed by atoms with Gasteiger partial charge in [-0.15, -0.1) is 0 Å². The predicted octanol–water partition coefficient (Wildman–Crippen LogP) is 4.42. The van der Waals surface area contributed by atoms with Gasteiger partial charge in [0.2, 0.25) is 5.78 Å². The van der Waals surface area contributed by atoms with Gasteiger partial charge in [0.15, 0.2) is 0 Å². The maximum atomic E-state index is 12.3. The van der Waals surface area contributed by atoms with Crippen LogP contribution in [0.3, 0.4) is 0 Å². The van der Waals surface area contributed by atoms with Crippen molar-refractivity contribution in [2.75, 3.05) is 0 Å². The molecule has 0 aliphatic carbocycles. The minimum Gasteiger partial charge on any atom is -0.315 e. The van der Waals surface area contributed by atoms with Crippen molar-refractivity contribution in [2.24, 2.45) is 0 Å². The standard InChI is InChI=1S/C18H20BrN3O/c1-3-4-5-10-21-13(2)11-17(23)22-12-16(20-18(21)22)14-6-8-15(19)9-7-14/h6-9,11-12H,3-5,10H2,1-2H3. The first kappa shape index (κ1) is 16.0. The van der Waals surface area contributed by atoms with Gasteiger partial charge in [-0.2, -0.15) is 0 Å². The third-order valence-corrected chi connectivity index (χ3v) is 4.58. The number of rotatable bonds is 5. The summed E-state index contributed by atoms with van der Waals surface area (Å²) >= 11 is 3.44. The summed E-state index contributed by atoms with van der Waals surface area (Å²) in [7, 11) is 0. The highest BCUT2D eigenvalue weighted by molar-refractivity contribution is 9.10. The number of nitrogens with zero attached hydrogens (tertiary/aromatic N) is 3. The van der Waals surface area contributed by atoms with Crippen LogP contribution in [-0.2, 0) is 6.54 Å². The van der Waals surface area contributed by atoms with Crippen LogP contribution in [0.4, 0.5) is 0 Å². The van der Waals surface area contributed by atoms with Gasteiger partial charge in [0.1, 0.15) is 0 Å². The summed E-state index contributed by atoms with van der Waals surface area (Å²) in [5.41, 5.74) is 2.77. The van der Waals surface area contributed by atoms with Crippen molar-refractivity contribution < 1.29 is 0 Å². The zero-order chi connectivity index (χ0) is 16.4. The molecule has 5 heteroatoms. The minimum absolute atomic E-state index is 0.0277. The summed E-state index contributed by atoms with van der Waals surface area (Å²) < 4.78 is 4.82. The lowest BCUT2D eigenvalue weighted by Crippen LogP contribution is -2.18. The van der Waals surface area contributed by atoms with E-state index in [4.69, 9.17) is 4.98 Å². The Kier molecular flexibility index (Phi) is 4.66. The highest BCUT2D eigenvalue weighted by Gasteiger charge is 2.11. The first-order valence-electron chi connectivity index (χ1n) is 7.95. The van der Waals surface area contributed by atoms with Crippen LogP contribution < -0.4 is 5.56 Å². The van der Waals surface area contributed by atoms with E-state index in [0.717, 1.165) is 40.2 Å². The third-order valence-electron chi connectivity index (χ3n) is 4.05. The molecule has 0 amide bonds. The summed E-state index contributed by atoms with van der Waals surface area (Å²) in [5.74, 6) is 0.726. The summed E-state index contributed by atoms with van der Waals surface area (Å²) in [4.78, 5) is 17.0. The van der Waals surface area contributed by atoms with E-state index in [9.17, 15) is 4.79 Å². The van der Waals surface area contributed by atoms with Crippen LogP contribution in [0.5, 0.6) is 0 Å². The monoisotopic (exact) mass is 373 g/mol. The molecule has 0 radical (unpaired) electrons. The minimum atomic E-state index is -0.0277. The van der Waals surface area contributed by atoms with Crippen LogP contribution in [0, 0.1) is 6.92 Å². The molecule has 0 bridgehead atoms. The average Bonchev–Trinajstić information content (AvgIpc) is 2.97. The molecule has 3 rings (SSSR count). The van der Waals surface area contributed by atoms with Crippen LogP contribution in [0.1, 0.15) is 31.9 Å². The van der Waals surface area contributed by atoms with Crippen LogP contribution >= 0.6 is 15.9 Å². The van der Waals surface area contributed by atoms with E-state index in [0.29, 0.717) is 0 Å². The normalized spacial score (nSPS) is 11.3. The van der Waals surface area contributed by atoms with Gasteiger partial charge in [-0.1, -0.05) is 47.8 Å². The first-order valence-corrected chi connectivity index (χ1v) is 8.75. The lowest BCUT2D eigenvalue weighted by atomic mass is 10.2. The van der Waals surface area contributed by atoms with E-state index in [-0.39, 0.29) is 5.56 Å². The first-order chi connectivity index (χ1) is 11.1. The second-order valence-electron chi connectivity index (χ2n) is 5.79. The Hall–Kier alpha value is -1.88. The van der Waals surface area contributed by atoms with Gasteiger partial charge < -0.3 is 4.57 Å². The average molecular weight is 374 g/mol. The maximum Gasteiger partial charge on any atom is 0.259 e. The smallest absolute Gasteiger partial charge is 0.259 e. The molecule has 1 aromatic carbocycles. The van der Waals surface area contributed by atoms with Gasteiger partial charge in [-0.3, -0.25) is 9.20 Å². The summed E-state index contributed by atoms with van der Waals surface area (Å²) in [6, 6.07) is 9.66. The van der Waals surface area contributed by atoms with Crippen molar-refractivity contribution in [3.63, 3.8) is 0 Å². The molecule has 0 aliphatic heterocycles. The summed E-state index contributed by atoms with van der Waals surface area (Å²) in [6.45, 7) is 5.05. The summed E-state index contributed by atoms with van der Waals surface area (Å²) in [5, 5.41) is 0. The Labute approximate surface area is 143 Å². The number of imidazole rings is 1. The van der Waals surface area contributed by atoms with Gasteiger partial charge in [-0.05, 0) is 25.5 Å². The second-order valence-corrected chi connectivity index (χ2v) is 6.70. The molecule has 3 aromatic rings. The SMILES string of the molecule is CCCCCn1c(C)cc(=O)n2cc(-c3ccc(Br)cc3)nc12. The van der Waals surface area contributed by atoms with E-state index in [1.165, 1.54) is 12.8 Å². The van der Waals surface area contributed by atoms with Crippen LogP contribution in [0.25, 0.3) is 17.0 Å². The van der Waals surface area contributed by atoms with E-state index in [1.54, 1.807) is 10.5 Å². The summed E-state index contributed by atoms with van der Waals surface area (Å²) in [6.07, 6.45) is 5.28. The van der Waals surface area contributed by atoms with Gasteiger partial charge in [0.05, 0.1) is 5.69 Å². The topological polar surface area (TPSA) is 39.3 Å². The molecule has 0 unspecified atom stereocenters. The fraction of sp³-hybridized carbons (Fsp3) is 0.333. The molecule has 4 nitrogen and oxygen atoms in total. The van der Waals surface area contributed by atoms with Crippen molar-refractivity contribution in [1.29, 1.82) is 0 Å². The number of unbranched alkanes of at least 4 members (excludes halogenated alkanes) is 2. The molecule has 23 heavy (non-hydrogen) atoms. The Morgan fingerprint density at radius 1 is 1.17 bits per heavy atom. The molecule has 2 aromatic heterocycles. The highest BCUT2D eigenvalue weighted by atomic mass is 79.9. The number of aromatic nitrogens is 3. The van der Waals surface area contributed by atoms with Gasteiger partial charge in [-0.25, -0.2) is 4.98 Å². The number of halogens is 1. The number of benzene rings is 1. The molecule has 0 N–H and O–H groups in total. The molecular weight excluding hydrogens is 354 g/mol. The van der Waals surface area contributed by atoms with E-state index in [2.05, 4.69) is 27.4 Å². The Morgan fingerprint density at radius 3 is 2.61 bits per heavy atom. The molecule has 0 spiro atoms. The molecule has 0 saturated heterocycles.